The van der Waals surface area contributed by atoms with Crippen LogP contribution in [0.3, 0.4) is 0 Å². The van der Waals surface area contributed by atoms with Crippen molar-refractivity contribution in [2.24, 2.45) is 12.8 Å². The monoisotopic (exact) mass is 235 g/mol. The van der Waals surface area contributed by atoms with Gasteiger partial charge in [-0.3, -0.25) is 4.68 Å². The molecule has 0 fully saturated rings. The normalized spacial score (nSPS) is 12.0. The first-order valence-corrected chi connectivity index (χ1v) is 5.54. The van der Waals surface area contributed by atoms with Crippen LogP contribution in [0.1, 0.15) is 26.2 Å². The minimum absolute atomic E-state index is 0.219. The van der Waals surface area contributed by atoms with Crippen molar-refractivity contribution in [2.75, 3.05) is 0 Å². The minimum Gasteiger partial charge on any atom is -0.339 e. The summed E-state index contributed by atoms with van der Waals surface area (Å²) in [6.45, 7) is 3.96. The third-order valence-corrected chi connectivity index (χ3v) is 2.41. The lowest BCUT2D eigenvalue weighted by Crippen LogP contribution is -2.32. The first-order chi connectivity index (χ1) is 7.94. The van der Waals surface area contributed by atoms with E-state index in [-0.39, 0.29) is 5.54 Å². The van der Waals surface area contributed by atoms with Gasteiger partial charge in [0.2, 0.25) is 11.7 Å². The van der Waals surface area contributed by atoms with Gasteiger partial charge < -0.3 is 10.3 Å². The first-order valence-electron chi connectivity index (χ1n) is 5.54. The van der Waals surface area contributed by atoms with Crippen LogP contribution < -0.4 is 5.73 Å². The predicted molar refractivity (Wildman–Crippen MR) is 63.1 cm³/mol. The zero-order valence-electron chi connectivity index (χ0n) is 10.3. The molecule has 2 aromatic rings. The van der Waals surface area contributed by atoms with Gasteiger partial charge in [-0.2, -0.15) is 10.1 Å². The zero-order chi connectivity index (χ0) is 12.5. The molecule has 0 aliphatic rings. The summed E-state index contributed by atoms with van der Waals surface area (Å²) in [7, 11) is 1.85. The van der Waals surface area contributed by atoms with Crippen molar-refractivity contribution in [3.8, 4) is 11.4 Å². The van der Waals surface area contributed by atoms with E-state index in [9.17, 15) is 0 Å². The Morgan fingerprint density at radius 1 is 1.47 bits per heavy atom. The maximum atomic E-state index is 5.90. The summed E-state index contributed by atoms with van der Waals surface area (Å²) in [5, 5.41) is 7.98. The summed E-state index contributed by atoms with van der Waals surface area (Å²) in [4.78, 5) is 4.31. The van der Waals surface area contributed by atoms with Crippen LogP contribution >= 0.6 is 0 Å². The van der Waals surface area contributed by atoms with Crippen LogP contribution in [-0.2, 0) is 13.5 Å². The Morgan fingerprint density at radius 2 is 2.24 bits per heavy atom. The number of aromatic nitrogens is 4. The summed E-state index contributed by atoms with van der Waals surface area (Å²) in [5.74, 6) is 1.19. The molecule has 0 amide bonds. The molecule has 2 aromatic heterocycles. The van der Waals surface area contributed by atoms with Crippen molar-refractivity contribution in [3.63, 3.8) is 0 Å². The van der Waals surface area contributed by atoms with E-state index in [1.54, 1.807) is 10.9 Å². The summed E-state index contributed by atoms with van der Waals surface area (Å²) in [6.07, 6.45) is 5.06. The van der Waals surface area contributed by atoms with Crippen molar-refractivity contribution in [1.82, 2.24) is 19.9 Å². The SMILES string of the molecule is Cn1cc(-c2noc(CCC(C)(C)N)n2)cn1. The molecular formula is C11H17N5O. The third kappa shape index (κ3) is 3.13. The molecular weight excluding hydrogens is 218 g/mol. The Hall–Kier alpha value is -1.69. The van der Waals surface area contributed by atoms with Gasteiger partial charge in [-0.05, 0) is 20.3 Å². The van der Waals surface area contributed by atoms with E-state index in [0.29, 0.717) is 18.1 Å². The lowest BCUT2D eigenvalue weighted by atomic mass is 10.0. The van der Waals surface area contributed by atoms with Crippen molar-refractivity contribution in [1.29, 1.82) is 0 Å². The topological polar surface area (TPSA) is 82.8 Å². The smallest absolute Gasteiger partial charge is 0.227 e. The van der Waals surface area contributed by atoms with Crippen LogP contribution in [0.15, 0.2) is 16.9 Å². The molecule has 0 aliphatic heterocycles. The molecule has 0 bridgehead atoms. The van der Waals surface area contributed by atoms with Gasteiger partial charge in [-0.1, -0.05) is 5.16 Å². The van der Waals surface area contributed by atoms with Crippen LogP contribution in [0.5, 0.6) is 0 Å². The van der Waals surface area contributed by atoms with Crippen LogP contribution in [0.4, 0.5) is 0 Å². The van der Waals surface area contributed by atoms with E-state index in [0.717, 1.165) is 12.0 Å². The summed E-state index contributed by atoms with van der Waals surface area (Å²) >= 11 is 0. The molecule has 92 valence electrons. The van der Waals surface area contributed by atoms with E-state index in [1.165, 1.54) is 0 Å². The molecule has 2 N–H and O–H groups in total. The summed E-state index contributed by atoms with van der Waals surface area (Å²) in [6, 6.07) is 0. The fourth-order valence-corrected chi connectivity index (χ4v) is 1.44. The van der Waals surface area contributed by atoms with Gasteiger partial charge in [0.25, 0.3) is 0 Å². The Bertz CT molecular complexity index is 494. The molecule has 2 heterocycles. The van der Waals surface area contributed by atoms with Gasteiger partial charge in [0.05, 0.1) is 11.8 Å². The van der Waals surface area contributed by atoms with Crippen molar-refractivity contribution in [2.45, 2.75) is 32.2 Å². The maximum Gasteiger partial charge on any atom is 0.227 e. The molecule has 17 heavy (non-hydrogen) atoms. The molecule has 0 radical (unpaired) electrons. The zero-order valence-corrected chi connectivity index (χ0v) is 10.3. The first kappa shape index (κ1) is 11.8. The summed E-state index contributed by atoms with van der Waals surface area (Å²) in [5.41, 5.74) is 6.54. The molecule has 0 saturated heterocycles. The number of hydrogen-bond acceptors (Lipinski definition) is 5. The Morgan fingerprint density at radius 3 is 2.82 bits per heavy atom. The standard InChI is InChI=1S/C11H17N5O/c1-11(2,12)5-4-9-14-10(15-17-9)8-6-13-16(3)7-8/h6-7H,4-5,12H2,1-3H3. The fourth-order valence-electron chi connectivity index (χ4n) is 1.44. The highest BCUT2D eigenvalue weighted by molar-refractivity contribution is 5.50. The number of rotatable bonds is 4. The van der Waals surface area contributed by atoms with Crippen LogP contribution in [-0.4, -0.2) is 25.5 Å². The van der Waals surface area contributed by atoms with E-state index in [4.69, 9.17) is 10.3 Å². The highest BCUT2D eigenvalue weighted by Gasteiger charge is 2.15. The van der Waals surface area contributed by atoms with Crippen LogP contribution in [0.2, 0.25) is 0 Å². The van der Waals surface area contributed by atoms with Crippen LogP contribution in [0.25, 0.3) is 11.4 Å². The van der Waals surface area contributed by atoms with Gasteiger partial charge in [0.15, 0.2) is 0 Å². The number of nitrogens with two attached hydrogens (primary N) is 1. The Kier molecular flexibility index (Phi) is 2.97. The Balaban J connectivity index is 2.06. The summed E-state index contributed by atoms with van der Waals surface area (Å²) < 4.78 is 6.87. The molecule has 0 aliphatic carbocycles. The molecule has 0 aromatic carbocycles. The lowest BCUT2D eigenvalue weighted by molar-refractivity contribution is 0.358. The second kappa shape index (κ2) is 4.29. The number of nitrogens with zero attached hydrogens (tertiary/aromatic N) is 4. The second-order valence-corrected chi connectivity index (χ2v) is 4.90. The van der Waals surface area contributed by atoms with Gasteiger partial charge in [0.1, 0.15) is 0 Å². The van der Waals surface area contributed by atoms with Crippen molar-refractivity contribution >= 4 is 0 Å². The lowest BCUT2D eigenvalue weighted by Gasteiger charge is -2.16. The average Bonchev–Trinajstić information content (AvgIpc) is 2.81. The van der Waals surface area contributed by atoms with Gasteiger partial charge in [-0.25, -0.2) is 0 Å². The highest BCUT2D eigenvalue weighted by Crippen LogP contribution is 2.16. The maximum absolute atomic E-state index is 5.90. The van der Waals surface area contributed by atoms with Gasteiger partial charge >= 0.3 is 0 Å². The fraction of sp³-hybridized carbons (Fsp3) is 0.545. The highest BCUT2D eigenvalue weighted by atomic mass is 16.5. The van der Waals surface area contributed by atoms with E-state index >= 15 is 0 Å². The predicted octanol–water partition coefficient (Wildman–Crippen LogP) is 1.14. The third-order valence-electron chi connectivity index (χ3n) is 2.41. The molecule has 0 saturated carbocycles. The minimum atomic E-state index is -0.219. The van der Waals surface area contributed by atoms with Crippen molar-refractivity contribution in [3.05, 3.63) is 18.3 Å². The molecule has 2 rings (SSSR count). The van der Waals surface area contributed by atoms with Crippen LogP contribution in [0, 0.1) is 0 Å². The number of hydrogen-bond donors (Lipinski definition) is 1. The molecule has 0 spiro atoms. The quantitative estimate of drug-likeness (QED) is 0.859. The molecule has 6 nitrogen and oxygen atoms in total. The van der Waals surface area contributed by atoms with Gasteiger partial charge in [0, 0.05) is 25.2 Å². The average molecular weight is 235 g/mol. The van der Waals surface area contributed by atoms with Crippen molar-refractivity contribution < 1.29 is 4.52 Å². The molecule has 0 unspecified atom stereocenters. The van der Waals surface area contributed by atoms with E-state index in [1.807, 2.05) is 27.1 Å². The molecule has 0 atom stereocenters. The van der Waals surface area contributed by atoms with Gasteiger partial charge in [-0.15, -0.1) is 0 Å². The number of aryl methyl sites for hydroxylation is 2. The Labute approximate surface area is 99.8 Å². The van der Waals surface area contributed by atoms with E-state index in [2.05, 4.69) is 15.2 Å². The van der Waals surface area contributed by atoms with E-state index < -0.39 is 0 Å². The molecule has 6 heteroatoms. The second-order valence-electron chi connectivity index (χ2n) is 4.90. The largest absolute Gasteiger partial charge is 0.339 e.